The molecule has 0 bridgehead atoms. The second kappa shape index (κ2) is 1.68. The summed E-state index contributed by atoms with van der Waals surface area (Å²) < 4.78 is 4.21. The van der Waals surface area contributed by atoms with Crippen LogP contribution in [0.2, 0.25) is 0 Å². The molecule has 10 heavy (non-hydrogen) atoms. The maximum absolute atomic E-state index is 10.1. The van der Waals surface area contributed by atoms with E-state index in [-0.39, 0.29) is 0 Å². The van der Waals surface area contributed by atoms with Crippen molar-refractivity contribution in [1.29, 1.82) is 0 Å². The molecule has 0 spiro atoms. The Morgan fingerprint density at radius 1 is 1.50 bits per heavy atom. The highest BCUT2D eigenvalue weighted by Gasteiger charge is 2.65. The number of carboxylic acids is 2. The largest absolute Gasteiger partial charge is 0.479 e. The SMILES string of the molecule is NC1(C(=O)O)OC1C(=O)O. The van der Waals surface area contributed by atoms with Gasteiger partial charge in [-0.15, -0.1) is 0 Å². The fraction of sp³-hybridized carbons (Fsp3) is 0.500. The van der Waals surface area contributed by atoms with Crippen LogP contribution in [0.5, 0.6) is 0 Å². The van der Waals surface area contributed by atoms with E-state index in [0.717, 1.165) is 0 Å². The molecule has 1 rings (SSSR count). The van der Waals surface area contributed by atoms with Gasteiger partial charge >= 0.3 is 11.9 Å². The average Bonchev–Trinajstić information content (AvgIpc) is 2.43. The van der Waals surface area contributed by atoms with E-state index in [0.29, 0.717) is 0 Å². The summed E-state index contributed by atoms with van der Waals surface area (Å²) in [5, 5.41) is 16.4. The number of epoxide rings is 1. The zero-order chi connectivity index (χ0) is 7.94. The summed E-state index contributed by atoms with van der Waals surface area (Å²) in [6.45, 7) is 0. The zero-order valence-electron chi connectivity index (χ0n) is 4.77. The van der Waals surface area contributed by atoms with Crippen molar-refractivity contribution in [3.63, 3.8) is 0 Å². The predicted octanol–water partition coefficient (Wildman–Crippen LogP) is -1.79. The monoisotopic (exact) mass is 147 g/mol. The van der Waals surface area contributed by atoms with Gasteiger partial charge in [-0.3, -0.25) is 5.73 Å². The fourth-order valence-corrected chi connectivity index (χ4v) is 0.557. The fourth-order valence-electron chi connectivity index (χ4n) is 0.557. The van der Waals surface area contributed by atoms with E-state index in [1.54, 1.807) is 0 Å². The van der Waals surface area contributed by atoms with Gasteiger partial charge in [0.15, 0.2) is 0 Å². The molecular formula is C4H5NO5. The second-order valence-corrected chi connectivity index (χ2v) is 1.93. The van der Waals surface area contributed by atoms with E-state index >= 15 is 0 Å². The topological polar surface area (TPSA) is 113 Å². The van der Waals surface area contributed by atoms with Crippen LogP contribution >= 0.6 is 0 Å². The first kappa shape index (κ1) is 6.97. The third-order valence-corrected chi connectivity index (χ3v) is 1.20. The standard InChI is InChI=1S/C4H5NO5/c5-4(3(8)9)1(10-4)2(6)7/h1H,5H2,(H,6,7)(H,8,9). The Balaban J connectivity index is 2.65. The number of carbonyl (C=O) groups is 2. The van der Waals surface area contributed by atoms with Crippen molar-refractivity contribution >= 4 is 11.9 Å². The lowest BCUT2D eigenvalue weighted by atomic mass is 10.2. The molecule has 1 fully saturated rings. The molecule has 0 aromatic heterocycles. The van der Waals surface area contributed by atoms with Crippen molar-refractivity contribution in [3.05, 3.63) is 0 Å². The van der Waals surface area contributed by atoms with E-state index in [1.807, 2.05) is 0 Å². The minimum atomic E-state index is -1.99. The molecule has 1 saturated heterocycles. The quantitative estimate of drug-likeness (QED) is 0.397. The summed E-state index contributed by atoms with van der Waals surface area (Å²) in [5.41, 5.74) is 2.94. The highest BCUT2D eigenvalue weighted by atomic mass is 16.7. The normalized spacial score (nSPS) is 37.1. The Morgan fingerprint density at radius 3 is 2.10 bits per heavy atom. The third kappa shape index (κ3) is 0.739. The van der Waals surface area contributed by atoms with Crippen molar-refractivity contribution in [1.82, 2.24) is 0 Å². The maximum atomic E-state index is 10.1. The number of rotatable bonds is 2. The van der Waals surface area contributed by atoms with Gasteiger partial charge in [-0.25, -0.2) is 9.59 Å². The van der Waals surface area contributed by atoms with E-state index in [1.165, 1.54) is 0 Å². The molecule has 1 aliphatic heterocycles. The van der Waals surface area contributed by atoms with Crippen molar-refractivity contribution in [2.45, 2.75) is 11.8 Å². The molecule has 1 aliphatic rings. The summed E-state index contributed by atoms with van der Waals surface area (Å²) in [6, 6.07) is 0. The molecule has 0 saturated carbocycles. The van der Waals surface area contributed by atoms with Gasteiger partial charge in [0, 0.05) is 0 Å². The van der Waals surface area contributed by atoms with Gasteiger partial charge in [0.2, 0.25) is 6.10 Å². The van der Waals surface area contributed by atoms with Crippen molar-refractivity contribution < 1.29 is 24.5 Å². The lowest BCUT2D eigenvalue weighted by Crippen LogP contribution is -2.39. The van der Waals surface area contributed by atoms with E-state index < -0.39 is 23.8 Å². The summed E-state index contributed by atoms with van der Waals surface area (Å²) in [5.74, 6) is -2.81. The first-order valence-corrected chi connectivity index (χ1v) is 2.41. The van der Waals surface area contributed by atoms with Crippen LogP contribution in [0.1, 0.15) is 0 Å². The smallest absolute Gasteiger partial charge is 0.354 e. The Labute approximate surface area is 55.2 Å². The summed E-state index contributed by atoms with van der Waals surface area (Å²) in [6.07, 6.45) is -1.40. The lowest BCUT2D eigenvalue weighted by molar-refractivity contribution is -0.144. The number of hydrogen-bond donors (Lipinski definition) is 3. The Kier molecular flexibility index (Phi) is 1.17. The minimum Gasteiger partial charge on any atom is -0.479 e. The van der Waals surface area contributed by atoms with Crippen LogP contribution in [0.15, 0.2) is 0 Å². The molecule has 0 radical (unpaired) electrons. The summed E-state index contributed by atoms with van der Waals surface area (Å²) in [7, 11) is 0. The molecule has 56 valence electrons. The lowest BCUT2D eigenvalue weighted by Gasteiger charge is -1.93. The molecule has 6 nitrogen and oxygen atoms in total. The third-order valence-electron chi connectivity index (χ3n) is 1.20. The van der Waals surface area contributed by atoms with Crippen LogP contribution in [0, 0.1) is 0 Å². The second-order valence-electron chi connectivity index (χ2n) is 1.93. The predicted molar refractivity (Wildman–Crippen MR) is 27.1 cm³/mol. The van der Waals surface area contributed by atoms with Gasteiger partial charge in [0.1, 0.15) is 0 Å². The van der Waals surface area contributed by atoms with Crippen LogP contribution in [0.25, 0.3) is 0 Å². The Bertz CT molecular complexity index is 202. The molecule has 4 N–H and O–H groups in total. The molecular weight excluding hydrogens is 142 g/mol. The first-order chi connectivity index (χ1) is 4.48. The summed E-state index contributed by atoms with van der Waals surface area (Å²) in [4.78, 5) is 20.1. The number of nitrogens with two attached hydrogens (primary N) is 1. The van der Waals surface area contributed by atoms with Crippen LogP contribution in [0.4, 0.5) is 0 Å². The van der Waals surface area contributed by atoms with Crippen LogP contribution in [-0.2, 0) is 14.3 Å². The van der Waals surface area contributed by atoms with Gasteiger partial charge in [0.25, 0.3) is 5.72 Å². The Morgan fingerprint density at radius 2 is 2.00 bits per heavy atom. The molecule has 0 aromatic rings. The molecule has 2 atom stereocenters. The molecule has 6 heteroatoms. The first-order valence-electron chi connectivity index (χ1n) is 2.41. The highest BCUT2D eigenvalue weighted by molar-refractivity contribution is 5.91. The van der Waals surface area contributed by atoms with Crippen molar-refractivity contribution in [2.75, 3.05) is 0 Å². The van der Waals surface area contributed by atoms with E-state index in [2.05, 4.69) is 4.74 Å². The minimum absolute atomic E-state index is 1.36. The van der Waals surface area contributed by atoms with E-state index in [4.69, 9.17) is 15.9 Å². The van der Waals surface area contributed by atoms with Gasteiger partial charge in [0.05, 0.1) is 0 Å². The molecule has 0 aliphatic carbocycles. The molecule has 0 amide bonds. The molecule has 0 aromatic carbocycles. The number of aliphatic carboxylic acids is 2. The number of hydrogen-bond acceptors (Lipinski definition) is 4. The molecule has 2 unspecified atom stereocenters. The molecule has 1 heterocycles. The van der Waals surface area contributed by atoms with Gasteiger partial charge in [-0.1, -0.05) is 0 Å². The zero-order valence-corrected chi connectivity index (χ0v) is 4.77. The number of carboxylic acid groups (broad SMARTS) is 2. The van der Waals surface area contributed by atoms with Crippen LogP contribution in [-0.4, -0.2) is 34.0 Å². The van der Waals surface area contributed by atoms with Crippen molar-refractivity contribution in [2.24, 2.45) is 5.73 Å². The maximum Gasteiger partial charge on any atom is 0.354 e. The number of ether oxygens (including phenoxy) is 1. The Hall–Kier alpha value is -1.14. The van der Waals surface area contributed by atoms with Crippen LogP contribution in [0.3, 0.4) is 0 Å². The summed E-state index contributed by atoms with van der Waals surface area (Å²) >= 11 is 0. The average molecular weight is 147 g/mol. The van der Waals surface area contributed by atoms with Crippen LogP contribution < -0.4 is 5.73 Å². The van der Waals surface area contributed by atoms with Gasteiger partial charge in [-0.2, -0.15) is 0 Å². The highest BCUT2D eigenvalue weighted by Crippen LogP contribution is 2.30. The van der Waals surface area contributed by atoms with Gasteiger partial charge < -0.3 is 14.9 Å². The van der Waals surface area contributed by atoms with Gasteiger partial charge in [-0.05, 0) is 0 Å². The van der Waals surface area contributed by atoms with Crippen molar-refractivity contribution in [3.8, 4) is 0 Å². The van der Waals surface area contributed by atoms with E-state index in [9.17, 15) is 9.59 Å².